The molecule has 0 saturated carbocycles. The summed E-state index contributed by atoms with van der Waals surface area (Å²) in [6.07, 6.45) is 1.42. The van der Waals surface area contributed by atoms with E-state index in [9.17, 15) is 9.59 Å². The Kier molecular flexibility index (Phi) is 5.16. The van der Waals surface area contributed by atoms with Crippen molar-refractivity contribution in [2.75, 3.05) is 11.9 Å². The number of carbonyl (C=O) groups excluding carboxylic acids is 2. The lowest BCUT2D eigenvalue weighted by atomic mass is 10.1. The summed E-state index contributed by atoms with van der Waals surface area (Å²) in [5.41, 5.74) is 4.94. The van der Waals surface area contributed by atoms with Crippen molar-refractivity contribution in [2.24, 2.45) is 0 Å². The third kappa shape index (κ3) is 3.94. The molecule has 0 spiro atoms. The van der Waals surface area contributed by atoms with Crippen LogP contribution in [0.1, 0.15) is 28.1 Å². The van der Waals surface area contributed by atoms with Crippen LogP contribution in [-0.2, 0) is 20.7 Å². The van der Waals surface area contributed by atoms with Gasteiger partial charge in [0.2, 0.25) is 0 Å². The molecule has 0 unspecified atom stereocenters. The van der Waals surface area contributed by atoms with Crippen molar-refractivity contribution in [2.45, 2.75) is 34.1 Å². The number of nitrogens with zero attached hydrogens (tertiary/aromatic N) is 4. The van der Waals surface area contributed by atoms with E-state index in [4.69, 9.17) is 4.74 Å². The van der Waals surface area contributed by atoms with Gasteiger partial charge >= 0.3 is 5.97 Å². The highest BCUT2D eigenvalue weighted by molar-refractivity contribution is 5.93. The summed E-state index contributed by atoms with van der Waals surface area (Å²) in [4.78, 5) is 32.6. The van der Waals surface area contributed by atoms with E-state index in [1.54, 1.807) is 11.4 Å². The highest BCUT2D eigenvalue weighted by atomic mass is 16.5. The van der Waals surface area contributed by atoms with Gasteiger partial charge in [0.1, 0.15) is 6.33 Å². The van der Waals surface area contributed by atoms with E-state index in [0.29, 0.717) is 22.7 Å². The van der Waals surface area contributed by atoms with Gasteiger partial charge in [0.05, 0.1) is 6.42 Å². The predicted octanol–water partition coefficient (Wildman–Crippen LogP) is 2.08. The van der Waals surface area contributed by atoms with E-state index in [1.807, 2.05) is 39.0 Å². The number of aromatic nitrogens is 4. The number of nitrogens with one attached hydrogen (secondary N) is 1. The van der Waals surface area contributed by atoms with Gasteiger partial charge in [-0.15, -0.1) is 0 Å². The highest BCUT2D eigenvalue weighted by Crippen LogP contribution is 2.18. The van der Waals surface area contributed by atoms with Crippen molar-refractivity contribution in [1.82, 2.24) is 19.6 Å². The number of benzene rings is 1. The quantitative estimate of drug-likeness (QED) is 0.693. The second kappa shape index (κ2) is 7.53. The molecule has 1 aromatic carbocycles. The van der Waals surface area contributed by atoms with E-state index in [0.717, 1.165) is 16.8 Å². The number of fused-ring (bicyclic) bond motifs is 1. The number of aryl methyl sites for hydroxylation is 3. The number of anilines is 1. The summed E-state index contributed by atoms with van der Waals surface area (Å²) in [6, 6.07) is 5.65. The molecular formula is C19H21N5O3. The molecule has 8 nitrogen and oxygen atoms in total. The Morgan fingerprint density at radius 3 is 2.74 bits per heavy atom. The van der Waals surface area contributed by atoms with Crippen LogP contribution in [0.15, 0.2) is 24.5 Å². The number of esters is 1. The molecule has 1 amide bonds. The lowest BCUT2D eigenvalue weighted by Crippen LogP contribution is -2.22. The van der Waals surface area contributed by atoms with Gasteiger partial charge in [0.15, 0.2) is 6.61 Å². The fourth-order valence-electron chi connectivity index (χ4n) is 2.83. The molecule has 0 radical (unpaired) electrons. The smallest absolute Gasteiger partial charge is 0.310 e. The van der Waals surface area contributed by atoms with Crippen molar-refractivity contribution < 1.29 is 14.3 Å². The van der Waals surface area contributed by atoms with Crippen molar-refractivity contribution >= 4 is 23.3 Å². The Labute approximate surface area is 156 Å². The summed E-state index contributed by atoms with van der Waals surface area (Å²) in [7, 11) is 0. The fraction of sp³-hybridized carbons (Fsp3) is 0.316. The van der Waals surface area contributed by atoms with Gasteiger partial charge in [-0.05, 0) is 44.9 Å². The molecule has 140 valence electrons. The van der Waals surface area contributed by atoms with Crippen molar-refractivity contribution in [1.29, 1.82) is 0 Å². The molecule has 27 heavy (non-hydrogen) atoms. The van der Waals surface area contributed by atoms with Crippen molar-refractivity contribution in [3.8, 4) is 0 Å². The van der Waals surface area contributed by atoms with Crippen LogP contribution in [0.25, 0.3) is 5.78 Å². The van der Waals surface area contributed by atoms with Crippen LogP contribution in [0.3, 0.4) is 0 Å². The Morgan fingerprint density at radius 1 is 1.19 bits per heavy atom. The third-order valence-electron chi connectivity index (χ3n) is 4.55. The van der Waals surface area contributed by atoms with Crippen LogP contribution in [0.5, 0.6) is 0 Å². The maximum atomic E-state index is 12.2. The first-order valence-electron chi connectivity index (χ1n) is 8.54. The van der Waals surface area contributed by atoms with Crippen LogP contribution in [0.4, 0.5) is 5.69 Å². The average molecular weight is 367 g/mol. The number of rotatable bonds is 5. The predicted molar refractivity (Wildman–Crippen MR) is 99.5 cm³/mol. The maximum Gasteiger partial charge on any atom is 0.310 e. The van der Waals surface area contributed by atoms with Gasteiger partial charge in [-0.1, -0.05) is 12.1 Å². The van der Waals surface area contributed by atoms with E-state index in [1.165, 1.54) is 6.33 Å². The zero-order valence-corrected chi connectivity index (χ0v) is 15.7. The molecule has 2 heterocycles. The molecule has 3 rings (SSSR count). The summed E-state index contributed by atoms with van der Waals surface area (Å²) < 4.78 is 6.70. The Bertz CT molecular complexity index is 1030. The van der Waals surface area contributed by atoms with E-state index in [2.05, 4.69) is 20.4 Å². The largest absolute Gasteiger partial charge is 0.455 e. The standard InChI is InChI=1S/C19H21N5O3/c1-11-6-5-7-16(12(11)2)23-17(25)9-27-18(26)8-15-13(3)22-19-20-10-21-24(19)14(15)4/h5-7,10H,8-9H2,1-4H3,(H,23,25). The van der Waals surface area contributed by atoms with Crippen LogP contribution >= 0.6 is 0 Å². The molecule has 3 aromatic rings. The molecule has 0 fully saturated rings. The molecule has 1 N–H and O–H groups in total. The molecule has 0 aliphatic carbocycles. The van der Waals surface area contributed by atoms with Crippen molar-refractivity contribution in [3.05, 3.63) is 52.6 Å². The topological polar surface area (TPSA) is 98.5 Å². The second-order valence-electron chi connectivity index (χ2n) is 6.37. The second-order valence-corrected chi connectivity index (χ2v) is 6.37. The van der Waals surface area contributed by atoms with E-state index in [-0.39, 0.29) is 18.9 Å². The summed E-state index contributed by atoms with van der Waals surface area (Å²) in [5, 5.41) is 6.85. The van der Waals surface area contributed by atoms with E-state index < -0.39 is 5.97 Å². The van der Waals surface area contributed by atoms with Crippen LogP contribution < -0.4 is 5.32 Å². The molecule has 0 bridgehead atoms. The fourth-order valence-corrected chi connectivity index (χ4v) is 2.83. The summed E-state index contributed by atoms with van der Waals surface area (Å²) >= 11 is 0. The maximum absolute atomic E-state index is 12.2. The number of carbonyl (C=O) groups is 2. The van der Waals surface area contributed by atoms with Crippen molar-refractivity contribution in [3.63, 3.8) is 0 Å². The van der Waals surface area contributed by atoms with E-state index >= 15 is 0 Å². The minimum absolute atomic E-state index is 0.0111. The lowest BCUT2D eigenvalue weighted by molar-refractivity contribution is -0.146. The summed E-state index contributed by atoms with van der Waals surface area (Å²) in [5.74, 6) is -0.399. The molecule has 2 aromatic heterocycles. The summed E-state index contributed by atoms with van der Waals surface area (Å²) in [6.45, 7) is 7.19. The number of ether oxygens (including phenoxy) is 1. The minimum Gasteiger partial charge on any atom is -0.455 e. The first-order valence-corrected chi connectivity index (χ1v) is 8.54. The monoisotopic (exact) mass is 367 g/mol. The average Bonchev–Trinajstić information content (AvgIpc) is 3.09. The molecular weight excluding hydrogens is 346 g/mol. The number of hydrogen-bond acceptors (Lipinski definition) is 6. The van der Waals surface area contributed by atoms with Gasteiger partial charge in [0.25, 0.3) is 11.7 Å². The highest BCUT2D eigenvalue weighted by Gasteiger charge is 2.16. The number of hydrogen-bond donors (Lipinski definition) is 1. The van der Waals surface area contributed by atoms with Gasteiger partial charge in [0, 0.05) is 22.6 Å². The normalized spacial score (nSPS) is 10.8. The van der Waals surface area contributed by atoms with Gasteiger partial charge in [-0.2, -0.15) is 10.1 Å². The molecule has 8 heteroatoms. The minimum atomic E-state index is -0.501. The zero-order valence-electron chi connectivity index (χ0n) is 15.7. The van der Waals surface area contributed by atoms with Gasteiger partial charge < -0.3 is 10.1 Å². The lowest BCUT2D eigenvalue weighted by Gasteiger charge is -2.12. The molecule has 0 aliphatic heterocycles. The Morgan fingerprint density at radius 2 is 1.96 bits per heavy atom. The van der Waals surface area contributed by atoms with Gasteiger partial charge in [-0.3, -0.25) is 9.59 Å². The Hall–Kier alpha value is -3.29. The van der Waals surface area contributed by atoms with Crippen LogP contribution in [-0.4, -0.2) is 38.1 Å². The SMILES string of the molecule is Cc1cccc(NC(=O)COC(=O)Cc2c(C)nc3ncnn3c2C)c1C. The van der Waals surface area contributed by atoms with Crippen LogP contribution in [0, 0.1) is 27.7 Å². The zero-order chi connectivity index (χ0) is 19.6. The van der Waals surface area contributed by atoms with Gasteiger partial charge in [-0.25, -0.2) is 9.50 Å². The third-order valence-corrected chi connectivity index (χ3v) is 4.55. The molecule has 0 saturated heterocycles. The Balaban J connectivity index is 1.61. The molecule has 0 aliphatic rings. The number of amides is 1. The van der Waals surface area contributed by atoms with Crippen LogP contribution in [0.2, 0.25) is 0 Å². The molecule has 0 atom stereocenters. The first-order chi connectivity index (χ1) is 12.9. The first kappa shape index (κ1) is 18.5.